The number of nitrogens with zero attached hydrogens (tertiary/aromatic N) is 1. The van der Waals surface area contributed by atoms with Crippen LogP contribution in [0.1, 0.15) is 6.42 Å². The Morgan fingerprint density at radius 1 is 1.60 bits per heavy atom. The molecule has 0 radical (unpaired) electrons. The van der Waals surface area contributed by atoms with Crippen LogP contribution in [0, 0.1) is 0 Å². The van der Waals surface area contributed by atoms with Crippen LogP contribution in [0.4, 0.5) is 0 Å². The second-order valence-corrected chi connectivity index (χ2v) is 2.53. The van der Waals surface area contributed by atoms with Crippen LogP contribution in [0.3, 0.4) is 0 Å². The van der Waals surface area contributed by atoms with E-state index in [2.05, 4.69) is 22.5 Å². The maximum absolute atomic E-state index is 4.34. The summed E-state index contributed by atoms with van der Waals surface area (Å²) in [5.41, 5.74) is 1.36. The summed E-state index contributed by atoms with van der Waals surface area (Å²) in [5.74, 6) is 0. The van der Waals surface area contributed by atoms with E-state index in [4.69, 9.17) is 0 Å². The second-order valence-electron chi connectivity index (χ2n) is 2.53. The number of fused-ring (bicyclic) bond motifs is 1. The van der Waals surface area contributed by atoms with Gasteiger partial charge in [-0.25, -0.2) is 0 Å². The topological polar surface area (TPSA) is 24.4 Å². The first kappa shape index (κ1) is 5.71. The molecule has 0 aromatic heterocycles. The largest absolute Gasteiger partial charge is 0.388 e. The molecular formula is C8H10N2. The van der Waals surface area contributed by atoms with Crippen LogP contribution in [-0.4, -0.2) is 18.8 Å². The van der Waals surface area contributed by atoms with Gasteiger partial charge in [0.05, 0.1) is 6.04 Å². The van der Waals surface area contributed by atoms with Gasteiger partial charge in [0.1, 0.15) is 0 Å². The molecule has 0 fully saturated rings. The van der Waals surface area contributed by atoms with E-state index >= 15 is 0 Å². The number of hydrogen-bond acceptors (Lipinski definition) is 2. The highest BCUT2D eigenvalue weighted by atomic mass is 14.9. The molecule has 0 amide bonds. The smallest absolute Gasteiger partial charge is 0.0914 e. The summed E-state index contributed by atoms with van der Waals surface area (Å²) in [6.07, 6.45) is 9.30. The summed E-state index contributed by atoms with van der Waals surface area (Å²) in [6, 6.07) is 0.388. The van der Waals surface area contributed by atoms with Crippen molar-refractivity contribution < 1.29 is 0 Å². The highest BCUT2D eigenvalue weighted by Crippen LogP contribution is 2.14. The highest BCUT2D eigenvalue weighted by molar-refractivity contribution is 5.63. The summed E-state index contributed by atoms with van der Waals surface area (Å²) in [6.45, 7) is 0.957. The number of nitrogens with one attached hydrogen (secondary N) is 1. The van der Waals surface area contributed by atoms with Crippen LogP contribution >= 0.6 is 0 Å². The van der Waals surface area contributed by atoms with E-state index in [1.807, 2.05) is 12.4 Å². The summed E-state index contributed by atoms with van der Waals surface area (Å²) in [7, 11) is 0. The Kier molecular flexibility index (Phi) is 1.31. The predicted molar refractivity (Wildman–Crippen MR) is 42.1 cm³/mol. The van der Waals surface area contributed by atoms with Crippen molar-refractivity contribution in [2.24, 2.45) is 4.99 Å². The van der Waals surface area contributed by atoms with E-state index in [9.17, 15) is 0 Å². The van der Waals surface area contributed by atoms with Crippen molar-refractivity contribution in [3.05, 3.63) is 23.9 Å². The summed E-state index contributed by atoms with van der Waals surface area (Å²) < 4.78 is 0. The molecule has 10 heavy (non-hydrogen) atoms. The van der Waals surface area contributed by atoms with Crippen LogP contribution in [0.15, 0.2) is 28.9 Å². The van der Waals surface area contributed by atoms with Crippen molar-refractivity contribution >= 4 is 6.21 Å². The molecule has 2 rings (SSSR count). The lowest BCUT2D eigenvalue weighted by Crippen LogP contribution is -2.28. The van der Waals surface area contributed by atoms with Crippen molar-refractivity contribution in [1.82, 2.24) is 5.32 Å². The molecule has 2 nitrogen and oxygen atoms in total. The normalized spacial score (nSPS) is 28.8. The third-order valence-electron chi connectivity index (χ3n) is 1.83. The zero-order valence-electron chi connectivity index (χ0n) is 5.75. The van der Waals surface area contributed by atoms with Crippen molar-refractivity contribution in [2.45, 2.75) is 12.5 Å². The van der Waals surface area contributed by atoms with Gasteiger partial charge in [0, 0.05) is 19.2 Å². The summed E-state index contributed by atoms with van der Waals surface area (Å²) in [4.78, 5) is 4.34. The van der Waals surface area contributed by atoms with Gasteiger partial charge >= 0.3 is 0 Å². The molecular weight excluding hydrogens is 124 g/mol. The van der Waals surface area contributed by atoms with Gasteiger partial charge in [-0.2, -0.15) is 0 Å². The van der Waals surface area contributed by atoms with Crippen LogP contribution < -0.4 is 5.32 Å². The third-order valence-corrected chi connectivity index (χ3v) is 1.83. The first-order valence-corrected chi connectivity index (χ1v) is 3.58. The van der Waals surface area contributed by atoms with E-state index in [1.54, 1.807) is 0 Å². The van der Waals surface area contributed by atoms with Crippen molar-refractivity contribution in [3.8, 4) is 0 Å². The molecule has 2 heterocycles. The predicted octanol–water partition coefficient (Wildman–Crippen LogP) is 0.873. The zero-order chi connectivity index (χ0) is 6.81. The molecule has 2 aliphatic heterocycles. The molecule has 0 bridgehead atoms. The van der Waals surface area contributed by atoms with Crippen LogP contribution in [-0.2, 0) is 0 Å². The molecule has 1 N–H and O–H groups in total. The molecule has 0 saturated carbocycles. The molecule has 0 aromatic rings. The molecule has 1 unspecified atom stereocenters. The monoisotopic (exact) mass is 134 g/mol. The van der Waals surface area contributed by atoms with Gasteiger partial charge in [-0.1, -0.05) is 6.08 Å². The molecule has 2 aliphatic rings. The van der Waals surface area contributed by atoms with Crippen molar-refractivity contribution in [2.75, 3.05) is 6.54 Å². The van der Waals surface area contributed by atoms with E-state index < -0.39 is 0 Å². The van der Waals surface area contributed by atoms with E-state index in [0.29, 0.717) is 6.04 Å². The minimum Gasteiger partial charge on any atom is -0.388 e. The summed E-state index contributed by atoms with van der Waals surface area (Å²) in [5, 5.41) is 3.15. The average molecular weight is 134 g/mol. The summed E-state index contributed by atoms with van der Waals surface area (Å²) >= 11 is 0. The molecule has 0 spiro atoms. The van der Waals surface area contributed by atoms with Gasteiger partial charge in [-0.15, -0.1) is 0 Å². The standard InChI is InChI=1S/C8H10N2/c1-2-7-3-5-9-6-8(7)10-4-1/h2-5,8-9H,1,6H2. The minimum atomic E-state index is 0.388. The van der Waals surface area contributed by atoms with E-state index in [0.717, 1.165) is 13.0 Å². The molecule has 52 valence electrons. The lowest BCUT2D eigenvalue weighted by molar-refractivity contribution is 0.693. The quantitative estimate of drug-likeness (QED) is 0.522. The Morgan fingerprint density at radius 2 is 2.60 bits per heavy atom. The van der Waals surface area contributed by atoms with E-state index in [-0.39, 0.29) is 0 Å². The molecule has 2 heteroatoms. The van der Waals surface area contributed by atoms with Gasteiger partial charge < -0.3 is 5.32 Å². The lowest BCUT2D eigenvalue weighted by atomic mass is 10.0. The number of rotatable bonds is 0. The highest BCUT2D eigenvalue weighted by Gasteiger charge is 2.13. The maximum atomic E-state index is 4.34. The first-order chi connectivity index (χ1) is 4.97. The van der Waals surface area contributed by atoms with Gasteiger partial charge in [0.15, 0.2) is 0 Å². The third kappa shape index (κ3) is 0.856. The van der Waals surface area contributed by atoms with Crippen molar-refractivity contribution in [3.63, 3.8) is 0 Å². The second kappa shape index (κ2) is 2.29. The number of dihydropyridines is 1. The Balaban J connectivity index is 2.26. The number of aliphatic imine (C=N–C) groups is 1. The lowest BCUT2D eigenvalue weighted by Gasteiger charge is -2.20. The Hall–Kier alpha value is -1.05. The Labute approximate surface area is 60.3 Å². The molecule has 0 aliphatic carbocycles. The maximum Gasteiger partial charge on any atom is 0.0914 e. The number of hydrogen-bond donors (Lipinski definition) is 1. The van der Waals surface area contributed by atoms with E-state index in [1.165, 1.54) is 5.57 Å². The first-order valence-electron chi connectivity index (χ1n) is 3.58. The fourth-order valence-corrected chi connectivity index (χ4v) is 1.28. The van der Waals surface area contributed by atoms with Crippen LogP contribution in [0.2, 0.25) is 0 Å². The Morgan fingerprint density at radius 3 is 3.50 bits per heavy atom. The molecule has 0 saturated heterocycles. The van der Waals surface area contributed by atoms with Gasteiger partial charge in [0.2, 0.25) is 0 Å². The Bertz CT molecular complexity index is 213. The zero-order valence-corrected chi connectivity index (χ0v) is 5.75. The van der Waals surface area contributed by atoms with Gasteiger partial charge in [-0.3, -0.25) is 4.99 Å². The fraction of sp³-hybridized carbons (Fsp3) is 0.375. The van der Waals surface area contributed by atoms with Crippen molar-refractivity contribution in [1.29, 1.82) is 0 Å². The fourth-order valence-electron chi connectivity index (χ4n) is 1.28. The van der Waals surface area contributed by atoms with Gasteiger partial charge in [-0.05, 0) is 17.8 Å². The van der Waals surface area contributed by atoms with Gasteiger partial charge in [0.25, 0.3) is 0 Å². The number of allylic oxidation sites excluding steroid dienone is 1. The minimum absolute atomic E-state index is 0.388. The van der Waals surface area contributed by atoms with Crippen LogP contribution in [0.5, 0.6) is 0 Å². The average Bonchev–Trinajstić information content (AvgIpc) is 2.05. The molecule has 1 atom stereocenters. The molecule has 0 aromatic carbocycles. The van der Waals surface area contributed by atoms with Crippen LogP contribution in [0.25, 0.3) is 0 Å². The SMILES string of the molecule is C1=CC2=CCC=NC2CN1.